The molecule has 3 nitrogen and oxygen atoms in total. The second kappa shape index (κ2) is 7.45. The van der Waals surface area contributed by atoms with Gasteiger partial charge in [0, 0.05) is 22.0 Å². The maximum Gasteiger partial charge on any atom is 0.305 e. The van der Waals surface area contributed by atoms with Crippen molar-refractivity contribution in [2.75, 3.05) is 13.6 Å². The fraction of sp³-hybridized carbons (Fsp3) is 0.400. The van der Waals surface area contributed by atoms with E-state index in [-0.39, 0.29) is 4.87 Å². The topological polar surface area (TPSA) is 36.1 Å². The molecule has 21 heavy (non-hydrogen) atoms. The number of thiazole rings is 1. The zero-order chi connectivity index (χ0) is 15.4. The zero-order valence-electron chi connectivity index (χ0n) is 12.1. The summed E-state index contributed by atoms with van der Waals surface area (Å²) >= 11 is 13.4. The van der Waals surface area contributed by atoms with Crippen molar-refractivity contribution in [2.45, 2.75) is 26.3 Å². The zero-order valence-corrected chi connectivity index (χ0v) is 14.4. The summed E-state index contributed by atoms with van der Waals surface area (Å²) in [6.45, 7) is 3.91. The van der Waals surface area contributed by atoms with Crippen molar-refractivity contribution in [1.82, 2.24) is 9.88 Å². The SMILES string of the molecule is CCCCN(C)Cc1sc(=O)[nH]c1-c1ccc(Cl)cc1Cl. The monoisotopic (exact) mass is 344 g/mol. The molecular weight excluding hydrogens is 327 g/mol. The molecule has 0 fully saturated rings. The van der Waals surface area contributed by atoms with E-state index in [2.05, 4.69) is 23.9 Å². The number of hydrogen-bond donors (Lipinski definition) is 1. The van der Waals surface area contributed by atoms with Gasteiger partial charge >= 0.3 is 4.87 Å². The molecule has 0 bridgehead atoms. The first kappa shape index (κ1) is 16.6. The Bertz CT molecular complexity index is 666. The molecule has 1 aromatic carbocycles. The maximum absolute atomic E-state index is 11.7. The molecule has 0 spiro atoms. The molecule has 0 unspecified atom stereocenters. The average Bonchev–Trinajstić information content (AvgIpc) is 2.77. The van der Waals surface area contributed by atoms with Gasteiger partial charge in [-0.05, 0) is 38.2 Å². The van der Waals surface area contributed by atoms with Crippen LogP contribution in [0.3, 0.4) is 0 Å². The molecular formula is C15H18Cl2N2OS. The van der Waals surface area contributed by atoms with Crippen molar-refractivity contribution in [3.8, 4) is 11.3 Å². The Morgan fingerprint density at radius 1 is 1.33 bits per heavy atom. The van der Waals surface area contributed by atoms with Gasteiger partial charge in [-0.25, -0.2) is 0 Å². The standard InChI is InChI=1S/C15H18Cl2N2OS/c1-3-4-7-19(2)9-13-14(18-15(20)21-13)11-6-5-10(16)8-12(11)17/h5-6,8H,3-4,7,9H2,1-2H3,(H,18,20). The van der Waals surface area contributed by atoms with Crippen LogP contribution < -0.4 is 4.87 Å². The van der Waals surface area contributed by atoms with E-state index in [9.17, 15) is 4.79 Å². The molecule has 0 aliphatic rings. The third-order valence-corrected chi connectivity index (χ3v) is 4.64. The summed E-state index contributed by atoms with van der Waals surface area (Å²) < 4.78 is 0. The van der Waals surface area contributed by atoms with Gasteiger partial charge in [0.25, 0.3) is 0 Å². The summed E-state index contributed by atoms with van der Waals surface area (Å²) in [6.07, 6.45) is 2.30. The third-order valence-electron chi connectivity index (χ3n) is 3.23. The number of nitrogens with one attached hydrogen (secondary N) is 1. The molecule has 0 saturated carbocycles. The molecule has 0 aliphatic carbocycles. The number of rotatable bonds is 6. The fourth-order valence-corrected chi connectivity index (χ4v) is 3.56. The Kier molecular flexibility index (Phi) is 5.88. The van der Waals surface area contributed by atoms with Crippen molar-refractivity contribution in [1.29, 1.82) is 0 Å². The number of hydrogen-bond acceptors (Lipinski definition) is 3. The van der Waals surface area contributed by atoms with Crippen LogP contribution in [0, 0.1) is 0 Å². The maximum atomic E-state index is 11.7. The van der Waals surface area contributed by atoms with E-state index in [1.807, 2.05) is 6.07 Å². The predicted octanol–water partition coefficient (Wildman–Crippen LogP) is 4.64. The quantitative estimate of drug-likeness (QED) is 0.828. The summed E-state index contributed by atoms with van der Waals surface area (Å²) in [4.78, 5) is 17.8. The Hall–Kier alpha value is -0.810. The van der Waals surface area contributed by atoms with Gasteiger partial charge in [0.2, 0.25) is 0 Å². The fourth-order valence-electron chi connectivity index (χ4n) is 2.13. The third kappa shape index (κ3) is 4.33. The summed E-state index contributed by atoms with van der Waals surface area (Å²) in [7, 11) is 2.06. The van der Waals surface area contributed by atoms with Crippen molar-refractivity contribution >= 4 is 34.5 Å². The van der Waals surface area contributed by atoms with Gasteiger partial charge in [-0.3, -0.25) is 4.79 Å². The van der Waals surface area contributed by atoms with Crippen molar-refractivity contribution in [3.63, 3.8) is 0 Å². The van der Waals surface area contributed by atoms with E-state index >= 15 is 0 Å². The molecule has 114 valence electrons. The van der Waals surface area contributed by atoms with Crippen LogP contribution >= 0.6 is 34.5 Å². The number of halogens is 2. The first-order valence-corrected chi connectivity index (χ1v) is 8.44. The molecule has 0 aliphatic heterocycles. The van der Waals surface area contributed by atoms with Crippen LogP contribution in [0.15, 0.2) is 23.0 Å². The Balaban J connectivity index is 2.30. The summed E-state index contributed by atoms with van der Waals surface area (Å²) in [5.41, 5.74) is 1.62. The minimum atomic E-state index is -0.0603. The molecule has 0 amide bonds. The van der Waals surface area contributed by atoms with Crippen LogP contribution in [0.5, 0.6) is 0 Å². The van der Waals surface area contributed by atoms with E-state index < -0.39 is 0 Å². The smallest absolute Gasteiger partial charge is 0.305 e. The number of H-pyrrole nitrogens is 1. The highest BCUT2D eigenvalue weighted by Gasteiger charge is 2.15. The molecule has 6 heteroatoms. The van der Waals surface area contributed by atoms with E-state index in [1.54, 1.807) is 12.1 Å². The molecule has 0 radical (unpaired) electrons. The number of unbranched alkanes of at least 4 members (excludes halogenated alkanes) is 1. The largest absolute Gasteiger partial charge is 0.312 e. The highest BCUT2D eigenvalue weighted by molar-refractivity contribution is 7.09. The number of aromatic amines is 1. The first-order chi connectivity index (χ1) is 10.0. The van der Waals surface area contributed by atoms with E-state index in [0.29, 0.717) is 10.0 Å². The lowest BCUT2D eigenvalue weighted by molar-refractivity contribution is 0.324. The highest BCUT2D eigenvalue weighted by Crippen LogP contribution is 2.32. The van der Waals surface area contributed by atoms with Gasteiger partial charge in [0.1, 0.15) is 0 Å². The van der Waals surface area contributed by atoms with Crippen LogP contribution in [0.1, 0.15) is 24.6 Å². The van der Waals surface area contributed by atoms with Crippen LogP contribution in [-0.4, -0.2) is 23.5 Å². The van der Waals surface area contributed by atoms with Crippen molar-refractivity contribution in [3.05, 3.63) is 42.8 Å². The van der Waals surface area contributed by atoms with Crippen LogP contribution in [0.4, 0.5) is 0 Å². The second-order valence-electron chi connectivity index (χ2n) is 5.03. The van der Waals surface area contributed by atoms with Gasteiger partial charge in [-0.15, -0.1) is 0 Å². The molecule has 1 aromatic heterocycles. The Morgan fingerprint density at radius 3 is 2.76 bits per heavy atom. The Labute approximate surface area is 138 Å². The van der Waals surface area contributed by atoms with Crippen LogP contribution in [0.2, 0.25) is 10.0 Å². The highest BCUT2D eigenvalue weighted by atomic mass is 35.5. The van der Waals surface area contributed by atoms with E-state index in [0.717, 1.165) is 42.1 Å². The second-order valence-corrected chi connectivity index (χ2v) is 6.94. The van der Waals surface area contributed by atoms with Crippen molar-refractivity contribution < 1.29 is 0 Å². The lowest BCUT2D eigenvalue weighted by Gasteiger charge is -2.16. The summed E-state index contributed by atoms with van der Waals surface area (Å²) in [6, 6.07) is 5.32. The number of aromatic nitrogens is 1. The molecule has 1 heterocycles. The lowest BCUT2D eigenvalue weighted by atomic mass is 10.1. The normalized spacial score (nSPS) is 11.3. The van der Waals surface area contributed by atoms with E-state index in [1.165, 1.54) is 11.3 Å². The van der Waals surface area contributed by atoms with Gasteiger partial charge in [-0.2, -0.15) is 0 Å². The summed E-state index contributed by atoms with van der Waals surface area (Å²) in [5, 5.41) is 1.14. The average molecular weight is 345 g/mol. The molecule has 2 aromatic rings. The minimum Gasteiger partial charge on any atom is -0.312 e. The van der Waals surface area contributed by atoms with Gasteiger partial charge in [0.05, 0.1) is 10.7 Å². The first-order valence-electron chi connectivity index (χ1n) is 6.87. The Morgan fingerprint density at radius 2 is 2.10 bits per heavy atom. The van der Waals surface area contributed by atoms with Crippen LogP contribution in [0.25, 0.3) is 11.3 Å². The van der Waals surface area contributed by atoms with Gasteiger partial charge in [0.15, 0.2) is 0 Å². The lowest BCUT2D eigenvalue weighted by Crippen LogP contribution is -2.18. The summed E-state index contributed by atoms with van der Waals surface area (Å²) in [5.74, 6) is 0. The minimum absolute atomic E-state index is 0.0603. The molecule has 0 atom stereocenters. The number of nitrogens with zero attached hydrogens (tertiary/aromatic N) is 1. The van der Waals surface area contributed by atoms with Crippen LogP contribution in [-0.2, 0) is 6.54 Å². The molecule has 2 rings (SSSR count). The molecule has 1 N–H and O–H groups in total. The van der Waals surface area contributed by atoms with E-state index in [4.69, 9.17) is 23.2 Å². The van der Waals surface area contributed by atoms with Gasteiger partial charge < -0.3 is 9.88 Å². The molecule has 0 saturated heterocycles. The van der Waals surface area contributed by atoms with Crippen molar-refractivity contribution in [2.24, 2.45) is 0 Å². The predicted molar refractivity (Wildman–Crippen MR) is 91.6 cm³/mol. The van der Waals surface area contributed by atoms with Gasteiger partial charge in [-0.1, -0.05) is 47.9 Å². The number of benzene rings is 1.